The number of benzene rings is 1. The number of anilines is 1. The van der Waals surface area contributed by atoms with Crippen molar-refractivity contribution in [1.29, 1.82) is 0 Å². The second-order valence-electron chi connectivity index (χ2n) is 4.23. The van der Waals surface area contributed by atoms with Crippen LogP contribution in [0.25, 0.3) is 0 Å². The van der Waals surface area contributed by atoms with Crippen molar-refractivity contribution >= 4 is 17.5 Å². The van der Waals surface area contributed by atoms with Gasteiger partial charge in [-0.3, -0.25) is 9.59 Å². The second kappa shape index (κ2) is 6.29. The molecule has 0 radical (unpaired) electrons. The topological polar surface area (TPSA) is 58.6 Å². The van der Waals surface area contributed by atoms with Crippen LogP contribution >= 0.6 is 0 Å². The Morgan fingerprint density at radius 1 is 1.32 bits per heavy atom. The maximum Gasteiger partial charge on any atom is 0.233 e. The molecular weight excluding hydrogens is 251 g/mol. The molecule has 0 saturated carbocycles. The number of rotatable bonds is 3. The zero-order chi connectivity index (χ0) is 13.7. The quantitative estimate of drug-likeness (QED) is 0.831. The van der Waals surface area contributed by atoms with Gasteiger partial charge in [-0.05, 0) is 18.2 Å². The molecule has 1 fully saturated rings. The van der Waals surface area contributed by atoms with Crippen molar-refractivity contribution in [2.24, 2.45) is 0 Å². The van der Waals surface area contributed by atoms with E-state index in [0.717, 1.165) is 0 Å². The standard InChI is InChI=1S/C13H15FN2O3/c14-10-2-1-3-11(8-10)15-12(17)9-13(18)16-4-6-19-7-5-16/h1-3,8H,4-7,9H2,(H,15,17). The number of halogens is 1. The predicted octanol–water partition coefficient (Wildman–Crippen LogP) is 1.01. The van der Waals surface area contributed by atoms with Crippen LogP contribution in [0.5, 0.6) is 0 Å². The average Bonchev–Trinajstić information content (AvgIpc) is 2.39. The van der Waals surface area contributed by atoms with E-state index in [1.54, 1.807) is 11.0 Å². The van der Waals surface area contributed by atoms with Crippen LogP contribution in [0.2, 0.25) is 0 Å². The Morgan fingerprint density at radius 2 is 2.05 bits per heavy atom. The van der Waals surface area contributed by atoms with Crippen LogP contribution in [-0.4, -0.2) is 43.0 Å². The van der Waals surface area contributed by atoms with Crippen molar-refractivity contribution in [2.75, 3.05) is 31.6 Å². The van der Waals surface area contributed by atoms with Gasteiger partial charge < -0.3 is 15.0 Å². The Morgan fingerprint density at radius 3 is 2.74 bits per heavy atom. The van der Waals surface area contributed by atoms with Crippen LogP contribution in [0.4, 0.5) is 10.1 Å². The molecule has 1 aromatic rings. The van der Waals surface area contributed by atoms with E-state index in [9.17, 15) is 14.0 Å². The molecule has 5 nitrogen and oxygen atoms in total. The Kier molecular flexibility index (Phi) is 4.46. The van der Waals surface area contributed by atoms with Gasteiger partial charge in [-0.15, -0.1) is 0 Å². The van der Waals surface area contributed by atoms with Crippen molar-refractivity contribution < 1.29 is 18.7 Å². The van der Waals surface area contributed by atoms with Gasteiger partial charge in [-0.2, -0.15) is 0 Å². The van der Waals surface area contributed by atoms with E-state index in [0.29, 0.717) is 32.0 Å². The smallest absolute Gasteiger partial charge is 0.233 e. The summed E-state index contributed by atoms with van der Waals surface area (Å²) in [6.45, 7) is 2.01. The number of nitrogens with zero attached hydrogens (tertiary/aromatic N) is 1. The number of nitrogens with one attached hydrogen (secondary N) is 1. The van der Waals surface area contributed by atoms with E-state index in [1.165, 1.54) is 18.2 Å². The molecule has 0 spiro atoms. The van der Waals surface area contributed by atoms with Crippen LogP contribution in [0, 0.1) is 5.82 Å². The van der Waals surface area contributed by atoms with E-state index in [2.05, 4.69) is 5.32 Å². The number of carbonyl (C=O) groups excluding carboxylic acids is 2. The molecule has 1 heterocycles. The van der Waals surface area contributed by atoms with Gasteiger partial charge in [0.25, 0.3) is 0 Å². The summed E-state index contributed by atoms with van der Waals surface area (Å²) in [5.41, 5.74) is 0.347. The van der Waals surface area contributed by atoms with Crippen molar-refractivity contribution in [3.63, 3.8) is 0 Å². The first-order valence-corrected chi connectivity index (χ1v) is 6.06. The van der Waals surface area contributed by atoms with Gasteiger partial charge in [0.1, 0.15) is 12.2 Å². The normalized spacial score (nSPS) is 15.1. The highest BCUT2D eigenvalue weighted by Crippen LogP contribution is 2.10. The average molecular weight is 266 g/mol. The lowest BCUT2D eigenvalue weighted by Gasteiger charge is -2.26. The summed E-state index contributed by atoms with van der Waals surface area (Å²) in [5.74, 6) is -1.11. The molecule has 19 heavy (non-hydrogen) atoms. The Balaban J connectivity index is 1.85. The molecule has 0 bridgehead atoms. The molecule has 1 N–H and O–H groups in total. The summed E-state index contributed by atoms with van der Waals surface area (Å²) < 4.78 is 18.1. The minimum absolute atomic E-state index is 0.239. The van der Waals surface area contributed by atoms with Gasteiger partial charge >= 0.3 is 0 Å². The molecule has 2 rings (SSSR count). The number of hydrogen-bond acceptors (Lipinski definition) is 3. The van der Waals surface area contributed by atoms with Gasteiger partial charge in [-0.1, -0.05) is 6.07 Å². The van der Waals surface area contributed by atoms with Crippen LogP contribution in [0.1, 0.15) is 6.42 Å². The fourth-order valence-corrected chi connectivity index (χ4v) is 1.83. The summed E-state index contributed by atoms with van der Waals surface area (Å²) in [6, 6.07) is 5.56. The molecule has 0 aliphatic carbocycles. The largest absolute Gasteiger partial charge is 0.378 e. The maximum atomic E-state index is 12.9. The third-order valence-corrected chi connectivity index (χ3v) is 2.78. The summed E-state index contributed by atoms with van der Waals surface area (Å²) in [5, 5.41) is 2.50. The van der Waals surface area contributed by atoms with Gasteiger partial charge in [0.15, 0.2) is 0 Å². The van der Waals surface area contributed by atoms with E-state index in [4.69, 9.17) is 4.74 Å². The minimum atomic E-state index is -0.443. The zero-order valence-corrected chi connectivity index (χ0v) is 10.4. The highest BCUT2D eigenvalue weighted by Gasteiger charge is 2.19. The summed E-state index contributed by atoms with van der Waals surface area (Å²) in [7, 11) is 0. The highest BCUT2D eigenvalue weighted by molar-refractivity contribution is 6.03. The predicted molar refractivity (Wildman–Crippen MR) is 67.0 cm³/mol. The number of ether oxygens (including phenoxy) is 1. The van der Waals surface area contributed by atoms with Crippen molar-refractivity contribution in [2.45, 2.75) is 6.42 Å². The first-order valence-electron chi connectivity index (χ1n) is 6.06. The molecule has 102 valence electrons. The molecule has 0 atom stereocenters. The van der Waals surface area contributed by atoms with Crippen LogP contribution < -0.4 is 5.32 Å². The van der Waals surface area contributed by atoms with E-state index in [-0.39, 0.29) is 12.3 Å². The summed E-state index contributed by atoms with van der Waals surface area (Å²) in [6.07, 6.45) is -0.240. The first-order chi connectivity index (χ1) is 9.15. The van der Waals surface area contributed by atoms with E-state index >= 15 is 0 Å². The van der Waals surface area contributed by atoms with Crippen LogP contribution in [0.15, 0.2) is 24.3 Å². The maximum absolute atomic E-state index is 12.9. The molecule has 1 aliphatic rings. The van der Waals surface area contributed by atoms with E-state index < -0.39 is 11.7 Å². The molecule has 2 amide bonds. The number of hydrogen-bond donors (Lipinski definition) is 1. The first kappa shape index (κ1) is 13.5. The third kappa shape index (κ3) is 4.03. The lowest BCUT2D eigenvalue weighted by Crippen LogP contribution is -2.41. The Labute approximate surface area is 110 Å². The highest BCUT2D eigenvalue weighted by atomic mass is 19.1. The number of carbonyl (C=O) groups is 2. The number of morpholine rings is 1. The van der Waals surface area contributed by atoms with Gasteiger partial charge in [0.05, 0.1) is 13.2 Å². The van der Waals surface area contributed by atoms with Gasteiger partial charge in [0, 0.05) is 18.8 Å². The monoisotopic (exact) mass is 266 g/mol. The van der Waals surface area contributed by atoms with Crippen molar-refractivity contribution in [3.8, 4) is 0 Å². The van der Waals surface area contributed by atoms with Gasteiger partial charge in [-0.25, -0.2) is 4.39 Å². The molecule has 0 aromatic heterocycles. The number of amides is 2. The fourth-order valence-electron chi connectivity index (χ4n) is 1.83. The third-order valence-electron chi connectivity index (χ3n) is 2.78. The lowest BCUT2D eigenvalue weighted by atomic mass is 10.2. The molecule has 1 aliphatic heterocycles. The van der Waals surface area contributed by atoms with Crippen LogP contribution in [0.3, 0.4) is 0 Å². The fraction of sp³-hybridized carbons (Fsp3) is 0.385. The molecule has 0 unspecified atom stereocenters. The Hall–Kier alpha value is -1.95. The summed E-state index contributed by atoms with van der Waals surface area (Å²) in [4.78, 5) is 25.1. The lowest BCUT2D eigenvalue weighted by molar-refractivity contribution is -0.138. The molecule has 1 aromatic carbocycles. The minimum Gasteiger partial charge on any atom is -0.378 e. The summed E-state index contributed by atoms with van der Waals surface area (Å²) >= 11 is 0. The molecule has 1 saturated heterocycles. The SMILES string of the molecule is O=C(CC(=O)N1CCOCC1)Nc1cccc(F)c1. The zero-order valence-electron chi connectivity index (χ0n) is 10.4. The molecule has 6 heteroatoms. The van der Waals surface area contributed by atoms with Gasteiger partial charge in [0.2, 0.25) is 11.8 Å². The second-order valence-corrected chi connectivity index (χ2v) is 4.23. The Bertz CT molecular complexity index is 473. The van der Waals surface area contributed by atoms with Crippen molar-refractivity contribution in [1.82, 2.24) is 4.90 Å². The van der Waals surface area contributed by atoms with Crippen molar-refractivity contribution in [3.05, 3.63) is 30.1 Å². The van der Waals surface area contributed by atoms with E-state index in [1.807, 2.05) is 0 Å². The van der Waals surface area contributed by atoms with Crippen LogP contribution in [-0.2, 0) is 14.3 Å². The molecular formula is C13H15FN2O3.